The van der Waals surface area contributed by atoms with E-state index < -0.39 is 14.5 Å². The first-order valence-electron chi connectivity index (χ1n) is 21.6. The molecule has 0 radical (unpaired) electrons. The first-order chi connectivity index (χ1) is 30.5. The maximum absolute atomic E-state index is 2.66. The number of aryl methyl sites for hydroxylation is 4. The van der Waals surface area contributed by atoms with Crippen molar-refractivity contribution in [3.05, 3.63) is 253 Å². The fourth-order valence-electron chi connectivity index (χ4n) is 10.3. The average molecular weight is 833 g/mol. The van der Waals surface area contributed by atoms with Crippen molar-refractivity contribution in [3.63, 3.8) is 0 Å². The first-order valence-corrected chi connectivity index (χ1v) is 25.2. The van der Waals surface area contributed by atoms with Crippen LogP contribution in [0.15, 0.2) is 231 Å². The third kappa shape index (κ3) is 6.28. The molecule has 0 bridgehead atoms. The molecule has 62 heavy (non-hydrogen) atoms. The number of fused-ring (bicyclic) bond motifs is 2. The summed E-state index contributed by atoms with van der Waals surface area (Å²) >= 11 is 0. The molecule has 0 aliphatic heterocycles. The molecule has 0 N–H and O–H groups in total. The number of hydrogen-bond donors (Lipinski definition) is 0. The minimum absolute atomic E-state index is 1.24. The highest BCUT2D eigenvalue weighted by Crippen LogP contribution is 2.61. The number of hydrogen-bond acceptors (Lipinski definition) is 0. The Morgan fingerprint density at radius 3 is 0.823 bits per heavy atom. The summed E-state index contributed by atoms with van der Waals surface area (Å²) in [4.78, 5) is 0. The molecule has 0 aromatic heterocycles. The molecule has 0 saturated heterocycles. The maximum Gasteiger partial charge on any atom is 0.145 e. The summed E-state index contributed by atoms with van der Waals surface area (Å²) in [5.74, 6) is 0. The Balaban J connectivity index is 1.51. The first kappa shape index (κ1) is 39.7. The van der Waals surface area contributed by atoms with Gasteiger partial charge in [-0.3, -0.25) is 0 Å². The monoisotopic (exact) mass is 832 g/mol. The van der Waals surface area contributed by atoms with Gasteiger partial charge in [0.05, 0.1) is 0 Å². The van der Waals surface area contributed by atoms with Crippen LogP contribution in [0.2, 0.25) is 0 Å². The van der Waals surface area contributed by atoms with Crippen LogP contribution in [0.5, 0.6) is 0 Å². The van der Waals surface area contributed by atoms with Crippen LogP contribution in [0.4, 0.5) is 0 Å². The lowest BCUT2D eigenvalue weighted by molar-refractivity contribution is 1.50. The SMILES string of the molecule is Cc1ccccc1[P+](c1ccccc1)(c1ccccc1C)c1ccc2ccccc2c1-c1c([P+](c2ccccc2)(c2ccccc2C)c2ccccc2C)ccc2ccccc12. The quantitative estimate of drug-likeness (QED) is 0.127. The summed E-state index contributed by atoms with van der Waals surface area (Å²) in [6.07, 6.45) is 0. The van der Waals surface area contributed by atoms with Crippen molar-refractivity contribution < 1.29 is 0 Å². The lowest BCUT2D eigenvalue weighted by Gasteiger charge is -2.34. The zero-order valence-electron chi connectivity index (χ0n) is 35.8. The summed E-state index contributed by atoms with van der Waals surface area (Å²) in [5.41, 5.74) is 7.85. The second-order valence-electron chi connectivity index (χ2n) is 16.5. The molecule has 0 spiro atoms. The molecule has 2 heteroatoms. The lowest BCUT2D eigenvalue weighted by atomic mass is 9.93. The lowest BCUT2D eigenvalue weighted by Crippen LogP contribution is -2.43. The molecule has 10 aromatic rings. The van der Waals surface area contributed by atoms with Gasteiger partial charge in [0.25, 0.3) is 0 Å². The Bertz CT molecular complexity index is 2930. The van der Waals surface area contributed by atoms with Crippen LogP contribution in [0.1, 0.15) is 22.3 Å². The number of benzene rings is 10. The van der Waals surface area contributed by atoms with Crippen molar-refractivity contribution in [1.82, 2.24) is 0 Å². The van der Waals surface area contributed by atoms with Gasteiger partial charge in [0.1, 0.15) is 57.0 Å². The zero-order chi connectivity index (χ0) is 42.3. The molecule has 10 rings (SSSR count). The van der Waals surface area contributed by atoms with E-state index in [4.69, 9.17) is 0 Å². The van der Waals surface area contributed by atoms with Crippen molar-refractivity contribution in [2.24, 2.45) is 0 Å². The van der Waals surface area contributed by atoms with E-state index in [1.54, 1.807) is 0 Å². The van der Waals surface area contributed by atoms with Crippen molar-refractivity contribution in [2.75, 3.05) is 0 Å². The molecule has 0 atom stereocenters. The molecule has 298 valence electrons. The Kier molecular flexibility index (Phi) is 10.5. The van der Waals surface area contributed by atoms with Gasteiger partial charge in [0, 0.05) is 11.1 Å². The van der Waals surface area contributed by atoms with E-state index in [1.807, 2.05) is 0 Å². The van der Waals surface area contributed by atoms with Gasteiger partial charge in [-0.25, -0.2) is 0 Å². The van der Waals surface area contributed by atoms with Crippen LogP contribution < -0.4 is 42.4 Å². The zero-order valence-corrected chi connectivity index (χ0v) is 37.6. The molecule has 0 heterocycles. The van der Waals surface area contributed by atoms with Crippen molar-refractivity contribution in [3.8, 4) is 11.1 Å². The Labute approximate surface area is 368 Å². The van der Waals surface area contributed by atoms with Gasteiger partial charge in [-0.15, -0.1) is 0 Å². The Morgan fingerprint density at radius 2 is 0.500 bits per heavy atom. The van der Waals surface area contributed by atoms with Gasteiger partial charge >= 0.3 is 0 Å². The molecule has 0 amide bonds. The second kappa shape index (κ2) is 16.5. The Hall–Kier alpha value is -6.42. The van der Waals surface area contributed by atoms with Gasteiger partial charge in [-0.1, -0.05) is 170 Å². The van der Waals surface area contributed by atoms with Crippen molar-refractivity contribution in [2.45, 2.75) is 27.7 Å². The van der Waals surface area contributed by atoms with E-state index in [2.05, 4.69) is 258 Å². The van der Waals surface area contributed by atoms with E-state index in [-0.39, 0.29) is 0 Å². The molecule has 0 saturated carbocycles. The van der Waals surface area contributed by atoms with E-state index in [1.165, 1.54) is 97.4 Å². The normalized spacial score (nSPS) is 11.9. The van der Waals surface area contributed by atoms with Crippen LogP contribution >= 0.6 is 14.5 Å². The summed E-state index contributed by atoms with van der Waals surface area (Å²) in [5, 5.41) is 16.0. The molecule has 10 aromatic carbocycles. The van der Waals surface area contributed by atoms with Crippen molar-refractivity contribution in [1.29, 1.82) is 0 Å². The molecular weight excluding hydrogens is 783 g/mol. The smallest absolute Gasteiger partial charge is 0.0620 e. The maximum atomic E-state index is 2.52. The van der Waals surface area contributed by atoms with Crippen LogP contribution in [0.3, 0.4) is 0 Å². The van der Waals surface area contributed by atoms with Crippen LogP contribution in [0, 0.1) is 27.7 Å². The number of rotatable bonds is 9. The van der Waals surface area contributed by atoms with E-state index in [0.29, 0.717) is 0 Å². The fraction of sp³-hybridized carbons (Fsp3) is 0.0667. The van der Waals surface area contributed by atoms with Gasteiger partial charge in [0.15, 0.2) is 0 Å². The van der Waals surface area contributed by atoms with Gasteiger partial charge in [-0.2, -0.15) is 0 Å². The fourth-order valence-corrected chi connectivity index (χ4v) is 20.1. The summed E-state index contributed by atoms with van der Waals surface area (Å²) in [7, 11) is -5.32. The average Bonchev–Trinajstić information content (AvgIpc) is 3.32. The molecule has 0 unspecified atom stereocenters. The largest absolute Gasteiger partial charge is 0.145 e. The van der Waals surface area contributed by atoms with E-state index >= 15 is 0 Å². The highest BCUT2D eigenvalue weighted by molar-refractivity contribution is 8.02. The third-order valence-electron chi connectivity index (χ3n) is 13.0. The van der Waals surface area contributed by atoms with Crippen LogP contribution in [-0.2, 0) is 0 Å². The molecular formula is C60H50P2+2. The molecule has 0 aliphatic carbocycles. The summed E-state index contributed by atoms with van der Waals surface area (Å²) < 4.78 is 0. The molecule has 0 aliphatic rings. The van der Waals surface area contributed by atoms with Gasteiger partial charge < -0.3 is 0 Å². The third-order valence-corrected chi connectivity index (χ3v) is 22.2. The second-order valence-corrected chi connectivity index (χ2v) is 23.1. The molecule has 0 nitrogen and oxygen atoms in total. The standard InChI is InChI=1S/C60H50P2/c1-43-23-11-19-35-53(43)61(49-29-7-5-8-30-49,54-36-20-12-24-44(54)2)57-41-39-47-27-15-17-33-51(47)59(57)60-52-34-18-16-28-48(52)40-42-58(60)62(50-31-9-6-10-32-50,55-37-21-13-25-45(55)3)56-38-22-14-26-46(56)4/h5-42H,1-4H3/q+2. The highest BCUT2D eigenvalue weighted by Gasteiger charge is 2.55. The van der Waals surface area contributed by atoms with E-state index in [0.717, 1.165) is 0 Å². The minimum atomic E-state index is -2.66. The minimum Gasteiger partial charge on any atom is -0.0620 e. The van der Waals surface area contributed by atoms with Gasteiger partial charge in [-0.05, 0) is 132 Å². The summed E-state index contributed by atoms with van der Waals surface area (Å²) in [6.45, 7) is 9.27. The van der Waals surface area contributed by atoms with Crippen molar-refractivity contribution >= 4 is 78.5 Å². The predicted molar refractivity (Wildman–Crippen MR) is 275 cm³/mol. The topological polar surface area (TPSA) is 0 Å². The summed E-state index contributed by atoms with van der Waals surface area (Å²) in [6, 6.07) is 87.8. The van der Waals surface area contributed by atoms with Crippen LogP contribution in [0.25, 0.3) is 32.7 Å². The van der Waals surface area contributed by atoms with Crippen LogP contribution in [-0.4, -0.2) is 0 Å². The van der Waals surface area contributed by atoms with Gasteiger partial charge in [0.2, 0.25) is 0 Å². The Morgan fingerprint density at radius 1 is 0.226 bits per heavy atom. The highest BCUT2D eigenvalue weighted by atomic mass is 31.2. The predicted octanol–water partition coefficient (Wildman–Crippen LogP) is 12.1. The van der Waals surface area contributed by atoms with E-state index in [9.17, 15) is 0 Å². The molecule has 0 fully saturated rings.